The summed E-state index contributed by atoms with van der Waals surface area (Å²) in [7, 11) is 1.69. The number of ether oxygens (including phenoxy) is 1. The number of rotatable bonds is 6. The van der Waals surface area contributed by atoms with Crippen molar-refractivity contribution >= 4 is 33.4 Å². The van der Waals surface area contributed by atoms with Crippen LogP contribution >= 0.6 is 15.9 Å². The van der Waals surface area contributed by atoms with Crippen molar-refractivity contribution in [2.45, 2.75) is 52.9 Å². The molecule has 156 valence electrons. The van der Waals surface area contributed by atoms with Crippen molar-refractivity contribution in [3.63, 3.8) is 0 Å². The van der Waals surface area contributed by atoms with Crippen LogP contribution in [0.4, 0.5) is 5.69 Å². The Morgan fingerprint density at radius 1 is 1.29 bits per heavy atom. The summed E-state index contributed by atoms with van der Waals surface area (Å²) in [5, 5.41) is 2.90. The fraction of sp³-hybridized carbons (Fsp3) is 0.619. The van der Waals surface area contributed by atoms with Gasteiger partial charge in [-0.3, -0.25) is 14.5 Å². The maximum atomic E-state index is 13.2. The molecule has 2 amide bonds. The number of amides is 2. The molecule has 0 aromatic heterocycles. The third kappa shape index (κ3) is 6.03. The quantitative estimate of drug-likeness (QED) is 0.717. The lowest BCUT2D eigenvalue weighted by Gasteiger charge is -2.42. The number of likely N-dealkylation sites (N-methyl/N-ethyl adjacent to an activating group) is 1. The summed E-state index contributed by atoms with van der Waals surface area (Å²) in [5.41, 5.74) is 1.72. The Bertz CT molecular complexity index is 700. The summed E-state index contributed by atoms with van der Waals surface area (Å²) >= 11 is 3.42. The smallest absolute Gasteiger partial charge is 0.243 e. The van der Waals surface area contributed by atoms with Crippen LogP contribution in [-0.4, -0.2) is 66.5 Å². The van der Waals surface area contributed by atoms with Crippen molar-refractivity contribution in [1.82, 2.24) is 9.80 Å². The number of morpholine rings is 1. The molecule has 0 saturated carbocycles. The van der Waals surface area contributed by atoms with Gasteiger partial charge in [0.15, 0.2) is 0 Å². The number of hydrogen-bond donors (Lipinski definition) is 1. The van der Waals surface area contributed by atoms with Crippen molar-refractivity contribution in [1.29, 1.82) is 0 Å². The second-order valence-corrected chi connectivity index (χ2v) is 9.02. The highest BCUT2D eigenvalue weighted by atomic mass is 79.9. The molecule has 0 spiro atoms. The van der Waals surface area contributed by atoms with Gasteiger partial charge < -0.3 is 15.0 Å². The SMILES string of the molecule is Cc1cc(Br)ccc1NC(=O)CN(C)C(=O)C(C(C)C)N1CC(C)OC(C)C1. The van der Waals surface area contributed by atoms with Crippen molar-refractivity contribution in [3.8, 4) is 0 Å². The van der Waals surface area contributed by atoms with Crippen LogP contribution in [0.3, 0.4) is 0 Å². The van der Waals surface area contributed by atoms with Crippen molar-refractivity contribution in [2.75, 3.05) is 32.0 Å². The summed E-state index contributed by atoms with van der Waals surface area (Å²) in [4.78, 5) is 29.4. The molecule has 7 heteroatoms. The molecule has 1 N–H and O–H groups in total. The van der Waals surface area contributed by atoms with E-state index in [9.17, 15) is 9.59 Å². The second-order valence-electron chi connectivity index (χ2n) is 8.10. The fourth-order valence-corrected chi connectivity index (χ4v) is 4.26. The molecule has 0 radical (unpaired) electrons. The van der Waals surface area contributed by atoms with Gasteiger partial charge in [0, 0.05) is 30.3 Å². The van der Waals surface area contributed by atoms with Gasteiger partial charge in [-0.2, -0.15) is 0 Å². The molecule has 6 nitrogen and oxygen atoms in total. The number of aryl methyl sites for hydroxylation is 1. The molecule has 1 saturated heterocycles. The predicted molar refractivity (Wildman–Crippen MR) is 115 cm³/mol. The van der Waals surface area contributed by atoms with Crippen molar-refractivity contribution in [3.05, 3.63) is 28.2 Å². The van der Waals surface area contributed by atoms with Crippen molar-refractivity contribution < 1.29 is 14.3 Å². The molecule has 3 unspecified atom stereocenters. The zero-order valence-corrected chi connectivity index (χ0v) is 19.2. The maximum absolute atomic E-state index is 13.2. The van der Waals surface area contributed by atoms with E-state index in [1.807, 2.05) is 52.8 Å². The highest BCUT2D eigenvalue weighted by Crippen LogP contribution is 2.21. The minimum atomic E-state index is -0.263. The summed E-state index contributed by atoms with van der Waals surface area (Å²) < 4.78 is 6.77. The molecular weight excluding hydrogens is 422 g/mol. The van der Waals surface area contributed by atoms with Crippen LogP contribution < -0.4 is 5.32 Å². The molecule has 2 rings (SSSR count). The molecule has 3 atom stereocenters. The van der Waals surface area contributed by atoms with E-state index in [1.165, 1.54) is 4.90 Å². The molecule has 0 bridgehead atoms. The molecule has 1 aromatic carbocycles. The zero-order valence-electron chi connectivity index (χ0n) is 17.7. The van der Waals surface area contributed by atoms with Gasteiger partial charge in [-0.05, 0) is 50.5 Å². The van der Waals surface area contributed by atoms with Gasteiger partial charge in [0.1, 0.15) is 0 Å². The average Bonchev–Trinajstić information content (AvgIpc) is 2.56. The first-order valence-electron chi connectivity index (χ1n) is 9.79. The van der Waals surface area contributed by atoms with E-state index >= 15 is 0 Å². The molecule has 1 aliphatic rings. The standard InChI is InChI=1S/C21H32BrN3O3/c1-13(2)20(25-10-15(4)28-16(5)11-25)21(27)24(6)12-19(26)23-18-8-7-17(22)9-14(18)3/h7-9,13,15-16,20H,10-12H2,1-6H3,(H,23,26). The Kier molecular flexibility index (Phi) is 8.04. The van der Waals surface area contributed by atoms with Crippen molar-refractivity contribution in [2.24, 2.45) is 5.92 Å². The monoisotopic (exact) mass is 453 g/mol. The molecule has 1 aromatic rings. The second kappa shape index (κ2) is 9.85. The lowest BCUT2D eigenvalue weighted by atomic mass is 9.99. The van der Waals surface area contributed by atoms with E-state index in [1.54, 1.807) is 7.05 Å². The van der Waals surface area contributed by atoms with Gasteiger partial charge >= 0.3 is 0 Å². The van der Waals surface area contributed by atoms with Gasteiger partial charge in [-0.15, -0.1) is 0 Å². The highest BCUT2D eigenvalue weighted by Gasteiger charge is 2.35. The number of carbonyl (C=O) groups is 2. The lowest BCUT2D eigenvalue weighted by Crippen LogP contribution is -2.57. The fourth-order valence-electron chi connectivity index (χ4n) is 3.78. The third-order valence-corrected chi connectivity index (χ3v) is 5.44. The summed E-state index contributed by atoms with van der Waals surface area (Å²) in [6.07, 6.45) is 0.179. The highest BCUT2D eigenvalue weighted by molar-refractivity contribution is 9.10. The molecular formula is C21H32BrN3O3. The first-order valence-corrected chi connectivity index (χ1v) is 10.6. The van der Waals surface area contributed by atoms with Gasteiger partial charge in [0.25, 0.3) is 0 Å². The first kappa shape index (κ1) is 22.8. The minimum Gasteiger partial charge on any atom is -0.373 e. The van der Waals surface area contributed by atoms with Crippen LogP contribution in [-0.2, 0) is 14.3 Å². The topological polar surface area (TPSA) is 61.9 Å². The molecule has 28 heavy (non-hydrogen) atoms. The largest absolute Gasteiger partial charge is 0.373 e. The Morgan fingerprint density at radius 2 is 1.89 bits per heavy atom. The van der Waals surface area contributed by atoms with Crippen LogP contribution in [0.5, 0.6) is 0 Å². The Balaban J connectivity index is 2.03. The molecule has 1 fully saturated rings. The van der Waals surface area contributed by atoms with Gasteiger partial charge in [-0.25, -0.2) is 0 Å². The Hall–Kier alpha value is -1.44. The number of nitrogens with zero attached hydrogens (tertiary/aromatic N) is 2. The van der Waals surface area contributed by atoms with E-state index in [-0.39, 0.29) is 42.5 Å². The van der Waals surface area contributed by atoms with Crippen LogP contribution in [0, 0.1) is 12.8 Å². The molecule has 1 heterocycles. The number of halogens is 1. The van der Waals surface area contributed by atoms with E-state index < -0.39 is 0 Å². The van der Waals surface area contributed by atoms with E-state index in [0.29, 0.717) is 0 Å². The number of anilines is 1. The Labute approximate surface area is 176 Å². The summed E-state index contributed by atoms with van der Waals surface area (Å²) in [6, 6.07) is 5.42. The normalized spacial score (nSPS) is 21.4. The van der Waals surface area contributed by atoms with E-state index in [0.717, 1.165) is 28.8 Å². The minimum absolute atomic E-state index is 0.0208. The molecule has 1 aliphatic heterocycles. The lowest BCUT2D eigenvalue weighted by molar-refractivity contribution is -0.145. The van der Waals surface area contributed by atoms with E-state index in [2.05, 4.69) is 26.1 Å². The number of hydrogen-bond acceptors (Lipinski definition) is 4. The van der Waals surface area contributed by atoms with Gasteiger partial charge in [-0.1, -0.05) is 29.8 Å². The summed E-state index contributed by atoms with van der Waals surface area (Å²) in [6.45, 7) is 11.6. The van der Waals surface area contributed by atoms with E-state index in [4.69, 9.17) is 4.74 Å². The van der Waals surface area contributed by atoms with Crippen LogP contribution in [0.25, 0.3) is 0 Å². The average molecular weight is 454 g/mol. The van der Waals surface area contributed by atoms with Crippen LogP contribution in [0.2, 0.25) is 0 Å². The van der Waals surface area contributed by atoms with Crippen LogP contribution in [0.15, 0.2) is 22.7 Å². The first-order chi connectivity index (χ1) is 13.1. The zero-order chi connectivity index (χ0) is 21.0. The number of carbonyl (C=O) groups excluding carboxylic acids is 2. The van der Waals surface area contributed by atoms with Gasteiger partial charge in [0.2, 0.25) is 11.8 Å². The maximum Gasteiger partial charge on any atom is 0.243 e. The third-order valence-electron chi connectivity index (χ3n) is 4.95. The number of nitrogens with one attached hydrogen (secondary N) is 1. The number of benzene rings is 1. The van der Waals surface area contributed by atoms with Crippen LogP contribution in [0.1, 0.15) is 33.3 Å². The Morgan fingerprint density at radius 3 is 2.43 bits per heavy atom. The van der Waals surface area contributed by atoms with Gasteiger partial charge in [0.05, 0.1) is 24.8 Å². The molecule has 0 aliphatic carbocycles. The predicted octanol–water partition coefficient (Wildman–Crippen LogP) is 3.29. The summed E-state index contributed by atoms with van der Waals surface area (Å²) in [5.74, 6) is -0.0873.